The molecule has 0 heterocycles. The summed E-state index contributed by atoms with van der Waals surface area (Å²) in [6.45, 7) is 0. The zero-order chi connectivity index (χ0) is 8.08. The van der Waals surface area contributed by atoms with Crippen molar-refractivity contribution < 1.29 is 79.6 Å². The Morgan fingerprint density at radius 3 is 1.18 bits per heavy atom. The fourth-order valence-corrected chi connectivity index (χ4v) is 0. The molecular weight excluding hydrogens is 251 g/mol. The minimum Gasteiger partial charge on any atom is -1.00 e. The molecule has 0 aliphatic carbocycles. The van der Waals surface area contributed by atoms with Gasteiger partial charge in [-0.25, -0.2) is 0 Å². The Morgan fingerprint density at radius 2 is 1.18 bits per heavy atom. The average Bonchev–Trinajstić information content (AvgIpc) is 1.19. The smallest absolute Gasteiger partial charge is 1.00 e. The van der Waals surface area contributed by atoms with Gasteiger partial charge >= 0.3 is 49.1 Å². The third kappa shape index (κ3) is 882. The Labute approximate surface area is 98.5 Å². The van der Waals surface area contributed by atoms with Gasteiger partial charge in [0.1, 0.15) is 0 Å². The molecule has 0 amide bonds. The summed E-state index contributed by atoms with van der Waals surface area (Å²) >= 11 is 0. The van der Waals surface area contributed by atoms with Crippen LogP contribution in [0.25, 0.3) is 0 Å². The molecule has 0 aliphatic heterocycles. The molecule has 0 atom stereocenters. The van der Waals surface area contributed by atoms with E-state index in [2.05, 4.69) is 0 Å². The molecule has 11 heteroatoms. The van der Waals surface area contributed by atoms with Crippen molar-refractivity contribution in [2.75, 3.05) is 0 Å². The van der Waals surface area contributed by atoms with Gasteiger partial charge in [-0.1, -0.05) is 0 Å². The van der Waals surface area contributed by atoms with E-state index in [0.717, 1.165) is 0 Å². The summed E-state index contributed by atoms with van der Waals surface area (Å²) in [5, 5.41) is 0. The molecule has 0 spiro atoms. The Bertz CT molecular complexity index is 166. The molecule has 4 N–H and O–H groups in total. The molecule has 0 saturated heterocycles. The van der Waals surface area contributed by atoms with Gasteiger partial charge < -0.3 is 11.0 Å². The normalized spacial score (nSPS) is 7.45. The maximum Gasteiger partial charge on any atom is 1.00 e. The minimum atomic E-state index is -4.67. The number of hydrogen-bond donors (Lipinski definition) is 4. The van der Waals surface area contributed by atoms with Gasteiger partial charge in [-0.2, -0.15) is 8.42 Å². The van der Waals surface area contributed by atoms with Gasteiger partial charge in [-0.3, -0.25) is 13.6 Å². The fraction of sp³-hybridized carbons (Fsp3) is 0. The van der Waals surface area contributed by atoms with Gasteiger partial charge in [0.25, 0.3) is 0 Å². The van der Waals surface area contributed by atoms with Crippen LogP contribution in [0.15, 0.2) is 0 Å². The number of rotatable bonds is 0. The van der Waals surface area contributed by atoms with E-state index < -0.39 is 19.6 Å². The second-order valence-electron chi connectivity index (χ2n) is 0.730. The van der Waals surface area contributed by atoms with Crippen molar-refractivity contribution >= 4 is 19.6 Å². The average molecular weight is 256 g/mol. The molecule has 0 aromatic rings. The monoisotopic (exact) mass is 256 g/mol. The SMILES string of the molecule is O=S(=O)(O)O.O=[Si](O)O.[Fe].[H-].[Na+]. The van der Waals surface area contributed by atoms with Crippen molar-refractivity contribution in [3.63, 3.8) is 0 Å². The predicted octanol–water partition coefficient (Wildman–Crippen LogP) is -5.15. The zero-order valence-corrected chi connectivity index (χ0v) is 10.2. The van der Waals surface area contributed by atoms with E-state index in [1.165, 1.54) is 0 Å². The Kier molecular flexibility index (Phi) is 22.7. The van der Waals surface area contributed by atoms with Crippen LogP contribution in [0.2, 0.25) is 0 Å². The van der Waals surface area contributed by atoms with Crippen LogP contribution in [0.3, 0.4) is 0 Å². The van der Waals surface area contributed by atoms with Crippen LogP contribution in [0, 0.1) is 0 Å². The molecule has 0 rings (SSSR count). The molecule has 7 nitrogen and oxygen atoms in total. The first-order chi connectivity index (χ1) is 3.73. The molecule has 0 fully saturated rings. The van der Waals surface area contributed by atoms with E-state index in [1.807, 2.05) is 0 Å². The topological polar surface area (TPSA) is 132 Å². The van der Waals surface area contributed by atoms with Crippen LogP contribution in [0.5, 0.6) is 0 Å². The predicted molar refractivity (Wildman–Crippen MR) is 26.2 cm³/mol. The third-order valence-corrected chi connectivity index (χ3v) is 0. The Hall–Kier alpha value is 1.01. The van der Waals surface area contributed by atoms with Gasteiger partial charge in [-0.15, -0.1) is 0 Å². The van der Waals surface area contributed by atoms with Gasteiger partial charge in [0.05, 0.1) is 0 Å². The van der Waals surface area contributed by atoms with Crippen LogP contribution >= 0.6 is 0 Å². The van der Waals surface area contributed by atoms with Gasteiger partial charge in [0.2, 0.25) is 0 Å². The van der Waals surface area contributed by atoms with Crippen LogP contribution in [-0.4, -0.2) is 36.3 Å². The Morgan fingerprint density at radius 1 is 1.18 bits per heavy atom. The van der Waals surface area contributed by atoms with E-state index in [1.54, 1.807) is 0 Å². The van der Waals surface area contributed by atoms with E-state index in [0.29, 0.717) is 0 Å². The van der Waals surface area contributed by atoms with Gasteiger partial charge in [0, 0.05) is 17.1 Å². The molecular formula is H5FeNaO7SSi. The molecule has 0 aromatic carbocycles. The first kappa shape index (κ1) is 22.7. The summed E-state index contributed by atoms with van der Waals surface area (Å²) in [5.74, 6) is 0. The molecule has 0 bridgehead atoms. The molecule has 0 radical (unpaired) electrons. The van der Waals surface area contributed by atoms with Crippen molar-refractivity contribution in [1.82, 2.24) is 0 Å². The van der Waals surface area contributed by atoms with Gasteiger partial charge in [0.15, 0.2) is 0 Å². The quantitative estimate of drug-likeness (QED) is 0.251. The molecule has 0 unspecified atom stereocenters. The van der Waals surface area contributed by atoms with Crippen LogP contribution in [-0.2, 0) is 31.9 Å². The first-order valence-electron chi connectivity index (χ1n) is 1.35. The second-order valence-corrected chi connectivity index (χ2v) is 2.19. The third-order valence-electron chi connectivity index (χ3n) is 0. The molecule has 0 saturated carbocycles. The molecule has 11 heavy (non-hydrogen) atoms. The largest absolute Gasteiger partial charge is 1.00 e. The summed E-state index contributed by atoms with van der Waals surface area (Å²) < 4.78 is 40.3. The zero-order valence-electron chi connectivity index (χ0n) is 6.28. The van der Waals surface area contributed by atoms with Crippen molar-refractivity contribution in [2.24, 2.45) is 0 Å². The van der Waals surface area contributed by atoms with Crippen LogP contribution in [0.4, 0.5) is 0 Å². The molecule has 0 aliphatic rings. The van der Waals surface area contributed by atoms with Crippen LogP contribution < -0.4 is 29.6 Å². The van der Waals surface area contributed by atoms with Crippen molar-refractivity contribution in [1.29, 1.82) is 0 Å². The maximum absolute atomic E-state index is 8.74. The molecule has 0 aromatic heterocycles. The van der Waals surface area contributed by atoms with Crippen molar-refractivity contribution in [3.8, 4) is 0 Å². The van der Waals surface area contributed by atoms with E-state index in [4.69, 9.17) is 31.6 Å². The minimum absolute atomic E-state index is 0. The second kappa shape index (κ2) is 11.0. The summed E-state index contributed by atoms with van der Waals surface area (Å²) in [4.78, 5) is 14.3. The van der Waals surface area contributed by atoms with Crippen molar-refractivity contribution in [2.45, 2.75) is 0 Å². The van der Waals surface area contributed by atoms with Gasteiger partial charge in [-0.05, 0) is 0 Å². The first-order valence-corrected chi connectivity index (χ1v) is 4.05. The van der Waals surface area contributed by atoms with Crippen LogP contribution in [0.1, 0.15) is 1.43 Å². The Balaban J connectivity index is -0.0000000221. The summed E-state index contributed by atoms with van der Waals surface area (Å²) in [6.07, 6.45) is 0. The van der Waals surface area contributed by atoms with E-state index in [-0.39, 0.29) is 48.1 Å². The summed E-state index contributed by atoms with van der Waals surface area (Å²) in [6, 6.07) is 0. The number of hydrogen-bond acceptors (Lipinski definition) is 3. The fourth-order valence-electron chi connectivity index (χ4n) is 0. The van der Waals surface area contributed by atoms with Crippen molar-refractivity contribution in [3.05, 3.63) is 0 Å². The van der Waals surface area contributed by atoms with E-state index in [9.17, 15) is 0 Å². The molecule has 66 valence electrons. The van der Waals surface area contributed by atoms with E-state index >= 15 is 0 Å². The standard InChI is InChI=1S/Fe.Na.H2O4S.H2O3Si.H/c;;1-5(2,3)4;1-4(2)3;/h;;(H2,1,2,3,4);1-2H;/q;+1;;;-1. The summed E-state index contributed by atoms with van der Waals surface area (Å²) in [5.41, 5.74) is 0. The summed E-state index contributed by atoms with van der Waals surface area (Å²) in [7, 11) is -7.80. The maximum atomic E-state index is 8.74.